The highest BCUT2D eigenvalue weighted by atomic mass is 16.3. The van der Waals surface area contributed by atoms with E-state index in [2.05, 4.69) is 4.98 Å². The molecule has 0 fully saturated rings. The highest BCUT2D eigenvalue weighted by molar-refractivity contribution is 6.02. The molecule has 0 bridgehead atoms. The van der Waals surface area contributed by atoms with Crippen LogP contribution in [0.15, 0.2) is 38.6 Å². The van der Waals surface area contributed by atoms with E-state index in [0.29, 0.717) is 35.0 Å². The predicted octanol–water partition coefficient (Wildman–Crippen LogP) is 1.14. The fraction of sp³-hybridized carbons (Fsp3) is 0.294. The zero-order valence-electron chi connectivity index (χ0n) is 13.3. The molecule has 0 spiro atoms. The average molecular weight is 325 g/mol. The summed E-state index contributed by atoms with van der Waals surface area (Å²) in [5.74, 6) is 0.538. The van der Waals surface area contributed by atoms with Gasteiger partial charge in [0.05, 0.1) is 11.6 Å². The van der Waals surface area contributed by atoms with E-state index in [4.69, 9.17) is 4.42 Å². The van der Waals surface area contributed by atoms with Gasteiger partial charge in [0.1, 0.15) is 11.4 Å². The normalized spacial score (nSPS) is 17.2. The predicted molar refractivity (Wildman–Crippen MR) is 86.3 cm³/mol. The maximum atomic E-state index is 12.6. The van der Waals surface area contributed by atoms with Crippen molar-refractivity contribution in [3.05, 3.63) is 62.3 Å². The molecule has 7 nitrogen and oxygen atoms in total. The first-order chi connectivity index (χ1) is 11.5. The monoisotopic (exact) mass is 325 g/mol. The Hall–Kier alpha value is -2.96. The van der Waals surface area contributed by atoms with Gasteiger partial charge in [-0.05, 0) is 24.1 Å². The van der Waals surface area contributed by atoms with Gasteiger partial charge < -0.3 is 4.42 Å². The first kappa shape index (κ1) is 14.6. The molecule has 3 aromatic rings. The van der Waals surface area contributed by atoms with E-state index in [1.165, 1.54) is 17.8 Å². The van der Waals surface area contributed by atoms with Gasteiger partial charge in [-0.15, -0.1) is 0 Å². The van der Waals surface area contributed by atoms with Crippen molar-refractivity contribution < 1.29 is 9.21 Å². The average Bonchev–Trinajstić information content (AvgIpc) is 3.11. The maximum absolute atomic E-state index is 12.6. The Morgan fingerprint density at radius 3 is 2.67 bits per heavy atom. The fourth-order valence-electron chi connectivity index (χ4n) is 3.42. The number of carbonyl (C=O) groups is 1. The van der Waals surface area contributed by atoms with Crippen LogP contribution in [0, 0.1) is 0 Å². The first-order valence-electron chi connectivity index (χ1n) is 7.63. The number of nitrogens with zero attached hydrogens (tertiary/aromatic N) is 3. The van der Waals surface area contributed by atoms with Crippen molar-refractivity contribution in [3.8, 4) is 0 Å². The molecule has 3 heterocycles. The number of ketones is 1. The lowest BCUT2D eigenvalue weighted by atomic mass is 9.81. The highest BCUT2D eigenvalue weighted by Crippen LogP contribution is 2.34. The van der Waals surface area contributed by atoms with Gasteiger partial charge >= 0.3 is 5.69 Å². The van der Waals surface area contributed by atoms with Gasteiger partial charge in [-0.3, -0.25) is 18.7 Å². The van der Waals surface area contributed by atoms with E-state index >= 15 is 0 Å². The van der Waals surface area contributed by atoms with Gasteiger partial charge in [0.2, 0.25) is 0 Å². The lowest BCUT2D eigenvalue weighted by molar-refractivity contribution is 0.0960. The molecular formula is C17H15N3O4. The van der Waals surface area contributed by atoms with Gasteiger partial charge in [0.25, 0.3) is 5.56 Å². The molecule has 0 saturated carbocycles. The lowest BCUT2D eigenvalue weighted by Crippen LogP contribution is -2.38. The summed E-state index contributed by atoms with van der Waals surface area (Å²) in [4.78, 5) is 41.5. The molecule has 24 heavy (non-hydrogen) atoms. The first-order valence-corrected chi connectivity index (χ1v) is 7.63. The Morgan fingerprint density at radius 2 is 1.96 bits per heavy atom. The van der Waals surface area contributed by atoms with Crippen molar-refractivity contribution in [1.82, 2.24) is 14.1 Å². The van der Waals surface area contributed by atoms with Crippen molar-refractivity contribution >= 4 is 16.8 Å². The van der Waals surface area contributed by atoms with Crippen LogP contribution in [-0.4, -0.2) is 19.9 Å². The number of hydrogen-bond donors (Lipinski definition) is 0. The quantitative estimate of drug-likeness (QED) is 0.669. The second kappa shape index (κ2) is 5.02. The fourth-order valence-corrected chi connectivity index (χ4v) is 3.42. The van der Waals surface area contributed by atoms with Crippen molar-refractivity contribution in [3.63, 3.8) is 0 Å². The summed E-state index contributed by atoms with van der Waals surface area (Å²) in [6.07, 6.45) is 3.86. The zero-order valence-corrected chi connectivity index (χ0v) is 13.3. The Kier molecular flexibility index (Phi) is 3.06. The van der Waals surface area contributed by atoms with E-state index in [-0.39, 0.29) is 11.7 Å². The van der Waals surface area contributed by atoms with E-state index in [9.17, 15) is 14.4 Å². The Morgan fingerprint density at radius 1 is 1.17 bits per heavy atom. The van der Waals surface area contributed by atoms with Crippen LogP contribution >= 0.6 is 0 Å². The number of Topliss-reactive ketones (excluding diaryl/α,β-unsaturated/α-hetero) is 1. The third-order valence-electron chi connectivity index (χ3n) is 4.70. The Balaban J connectivity index is 2.04. The highest BCUT2D eigenvalue weighted by Gasteiger charge is 2.31. The van der Waals surface area contributed by atoms with Crippen LogP contribution in [0.25, 0.3) is 11.0 Å². The number of hydrogen-bond acceptors (Lipinski definition) is 5. The largest absolute Gasteiger partial charge is 0.469 e. The molecule has 0 aromatic carbocycles. The van der Waals surface area contributed by atoms with Crippen molar-refractivity contribution in [2.24, 2.45) is 14.1 Å². The minimum atomic E-state index is -0.440. The topological polar surface area (TPSA) is 87.1 Å². The van der Waals surface area contributed by atoms with Crippen LogP contribution in [-0.2, 0) is 20.5 Å². The third kappa shape index (κ3) is 1.90. The third-order valence-corrected chi connectivity index (χ3v) is 4.70. The maximum Gasteiger partial charge on any atom is 0.332 e. The molecule has 3 aromatic heterocycles. The minimum Gasteiger partial charge on any atom is -0.469 e. The molecule has 0 unspecified atom stereocenters. The van der Waals surface area contributed by atoms with Crippen molar-refractivity contribution in [2.75, 3.05) is 0 Å². The van der Waals surface area contributed by atoms with Gasteiger partial charge in [-0.2, -0.15) is 0 Å². The van der Waals surface area contributed by atoms with Crippen LogP contribution in [0.4, 0.5) is 0 Å². The molecule has 1 atom stereocenters. The molecule has 0 N–H and O–H groups in total. The van der Waals surface area contributed by atoms with Crippen LogP contribution < -0.4 is 11.2 Å². The summed E-state index contributed by atoms with van der Waals surface area (Å²) in [5, 5.41) is 0.335. The Bertz CT molecular complexity index is 1090. The number of pyridine rings is 1. The molecule has 4 rings (SSSR count). The number of furan rings is 1. The SMILES string of the molecule is Cn1c(=O)c2c3c(cnc2n(C)c1=O)C(=O)C[C@@H](c1ccco1)C3. The number of fused-ring (bicyclic) bond motifs is 3. The van der Waals surface area contributed by atoms with Crippen LogP contribution in [0.5, 0.6) is 0 Å². The summed E-state index contributed by atoms with van der Waals surface area (Å²) in [5.41, 5.74) is 0.541. The molecule has 1 aliphatic carbocycles. The molecular weight excluding hydrogens is 310 g/mol. The minimum absolute atomic E-state index is 0.0667. The molecule has 122 valence electrons. The second-order valence-electron chi connectivity index (χ2n) is 6.10. The molecule has 1 aliphatic rings. The molecule has 0 saturated heterocycles. The lowest BCUT2D eigenvalue weighted by Gasteiger charge is -2.23. The number of rotatable bonds is 1. The summed E-state index contributed by atoms with van der Waals surface area (Å²) in [6, 6.07) is 3.61. The van der Waals surface area contributed by atoms with Gasteiger partial charge in [-0.1, -0.05) is 0 Å². The summed E-state index contributed by atoms with van der Waals surface area (Å²) >= 11 is 0. The molecule has 0 radical (unpaired) electrons. The van der Waals surface area contributed by atoms with E-state index in [1.54, 1.807) is 19.4 Å². The smallest absolute Gasteiger partial charge is 0.332 e. The van der Waals surface area contributed by atoms with Gasteiger partial charge in [0, 0.05) is 38.2 Å². The summed E-state index contributed by atoms with van der Waals surface area (Å²) in [7, 11) is 3.00. The molecule has 7 heteroatoms. The number of aryl methyl sites for hydroxylation is 1. The van der Waals surface area contributed by atoms with Crippen LogP contribution in [0.2, 0.25) is 0 Å². The molecule has 0 aliphatic heterocycles. The summed E-state index contributed by atoms with van der Waals surface area (Å²) < 4.78 is 7.82. The number of carbonyl (C=O) groups excluding carboxylic acids is 1. The number of aromatic nitrogens is 3. The van der Waals surface area contributed by atoms with Crippen LogP contribution in [0.3, 0.4) is 0 Å². The van der Waals surface area contributed by atoms with E-state index in [0.717, 1.165) is 10.3 Å². The second-order valence-corrected chi connectivity index (χ2v) is 6.10. The zero-order chi connectivity index (χ0) is 17.0. The Labute approximate surface area is 136 Å². The van der Waals surface area contributed by atoms with E-state index in [1.807, 2.05) is 6.07 Å². The summed E-state index contributed by atoms with van der Waals surface area (Å²) in [6.45, 7) is 0. The van der Waals surface area contributed by atoms with Crippen molar-refractivity contribution in [2.45, 2.75) is 18.8 Å². The van der Waals surface area contributed by atoms with Crippen molar-refractivity contribution in [1.29, 1.82) is 0 Å². The van der Waals surface area contributed by atoms with Crippen LogP contribution in [0.1, 0.15) is 34.0 Å². The molecule has 0 amide bonds. The van der Waals surface area contributed by atoms with Gasteiger partial charge in [0.15, 0.2) is 5.78 Å². The van der Waals surface area contributed by atoms with E-state index < -0.39 is 11.2 Å². The van der Waals surface area contributed by atoms with Gasteiger partial charge in [-0.25, -0.2) is 9.78 Å². The standard InChI is InChI=1S/C17H15N3O4/c1-19-15-14(16(22)20(2)17(19)23)10-6-9(13-4-3-5-24-13)7-12(21)11(10)8-18-15/h3-5,8-9H,6-7H2,1-2H3/t9-/m0/s1.